The van der Waals surface area contributed by atoms with E-state index in [2.05, 4.69) is 5.32 Å². The second-order valence-corrected chi connectivity index (χ2v) is 9.58. The number of carbonyl (C=O) groups excluding carboxylic acids is 2. The highest BCUT2D eigenvalue weighted by Gasteiger charge is 2.36. The number of ether oxygens (including phenoxy) is 4. The van der Waals surface area contributed by atoms with Gasteiger partial charge in [0.2, 0.25) is 0 Å². The normalized spacial score (nSPS) is 14.5. The molecule has 206 valence electrons. The number of methoxy groups -OCH3 is 4. The van der Waals surface area contributed by atoms with Crippen LogP contribution in [-0.4, -0.2) is 75.7 Å². The van der Waals surface area contributed by atoms with E-state index < -0.39 is 12.1 Å². The fourth-order valence-corrected chi connectivity index (χ4v) is 5.03. The zero-order valence-corrected chi connectivity index (χ0v) is 23.2. The highest BCUT2D eigenvalue weighted by atomic mass is 32.1. The summed E-state index contributed by atoms with van der Waals surface area (Å²) in [5, 5.41) is 11.0. The van der Waals surface area contributed by atoms with Crippen molar-refractivity contribution in [3.05, 3.63) is 70.4 Å². The molecule has 2 aromatic carbocycles. The van der Waals surface area contributed by atoms with Gasteiger partial charge < -0.3 is 29.2 Å². The number of para-hydroxylation sites is 2. The van der Waals surface area contributed by atoms with Crippen molar-refractivity contribution in [1.82, 2.24) is 9.91 Å². The van der Waals surface area contributed by atoms with E-state index in [0.717, 1.165) is 16.2 Å². The molecule has 0 saturated heterocycles. The summed E-state index contributed by atoms with van der Waals surface area (Å²) in [4.78, 5) is 29.5. The molecule has 3 aromatic rings. The molecule has 11 heteroatoms. The van der Waals surface area contributed by atoms with Crippen LogP contribution in [0.5, 0.6) is 17.2 Å². The Hall–Kier alpha value is -4.09. The summed E-state index contributed by atoms with van der Waals surface area (Å²) in [6.45, 7) is 0.240. The molecule has 10 nitrogen and oxygen atoms in total. The van der Waals surface area contributed by atoms with Gasteiger partial charge in [0.05, 0.1) is 50.3 Å². The number of anilines is 1. The van der Waals surface area contributed by atoms with Gasteiger partial charge in [-0.1, -0.05) is 18.2 Å². The molecule has 0 spiro atoms. The zero-order valence-electron chi connectivity index (χ0n) is 22.4. The summed E-state index contributed by atoms with van der Waals surface area (Å²) >= 11 is 1.56. The van der Waals surface area contributed by atoms with E-state index in [1.165, 1.54) is 17.0 Å². The predicted molar refractivity (Wildman–Crippen MR) is 150 cm³/mol. The molecule has 3 amide bonds. The topological polar surface area (TPSA) is 102 Å². The molecule has 1 aliphatic heterocycles. The third-order valence-electron chi connectivity index (χ3n) is 6.29. The van der Waals surface area contributed by atoms with Gasteiger partial charge in [-0.2, -0.15) is 5.10 Å². The quantitative estimate of drug-likeness (QED) is 0.372. The molecule has 1 aromatic heterocycles. The maximum absolute atomic E-state index is 13.8. The Morgan fingerprint density at radius 3 is 2.51 bits per heavy atom. The molecule has 1 N–H and O–H groups in total. The van der Waals surface area contributed by atoms with Crippen molar-refractivity contribution in [3.63, 3.8) is 0 Å². The lowest BCUT2D eigenvalue weighted by molar-refractivity contribution is -0.133. The molecule has 1 atom stereocenters. The lowest BCUT2D eigenvalue weighted by Crippen LogP contribution is -2.44. The Morgan fingerprint density at radius 2 is 1.82 bits per heavy atom. The minimum Gasteiger partial charge on any atom is -0.497 e. The number of benzene rings is 2. The van der Waals surface area contributed by atoms with Crippen LogP contribution in [0.4, 0.5) is 10.5 Å². The summed E-state index contributed by atoms with van der Waals surface area (Å²) in [7, 11) is 6.24. The van der Waals surface area contributed by atoms with E-state index >= 15 is 0 Å². The van der Waals surface area contributed by atoms with Gasteiger partial charge in [0.15, 0.2) is 0 Å². The number of hydrogen-bond acceptors (Lipinski definition) is 8. The van der Waals surface area contributed by atoms with Gasteiger partial charge >= 0.3 is 6.03 Å². The second-order valence-electron chi connectivity index (χ2n) is 8.63. The average molecular weight is 553 g/mol. The first-order chi connectivity index (χ1) is 19.0. The van der Waals surface area contributed by atoms with Crippen molar-refractivity contribution < 1.29 is 28.5 Å². The minimum atomic E-state index is -0.456. The second kappa shape index (κ2) is 13.1. The van der Waals surface area contributed by atoms with Gasteiger partial charge in [-0.3, -0.25) is 4.79 Å². The number of urea groups is 1. The maximum atomic E-state index is 13.8. The molecule has 0 bridgehead atoms. The van der Waals surface area contributed by atoms with Crippen LogP contribution in [0.3, 0.4) is 0 Å². The summed E-state index contributed by atoms with van der Waals surface area (Å²) in [5.41, 5.74) is 2.05. The molecule has 0 radical (unpaired) electrons. The number of amides is 3. The third-order valence-corrected chi connectivity index (χ3v) is 7.21. The Labute approximate surface area is 231 Å². The van der Waals surface area contributed by atoms with Crippen molar-refractivity contribution in [2.75, 3.05) is 53.5 Å². The fourth-order valence-electron chi connectivity index (χ4n) is 4.31. The number of hydrogen-bond donors (Lipinski definition) is 1. The Bertz CT molecular complexity index is 1310. The van der Waals surface area contributed by atoms with E-state index in [1.807, 2.05) is 35.7 Å². The first-order valence-electron chi connectivity index (χ1n) is 12.3. The van der Waals surface area contributed by atoms with Crippen LogP contribution in [-0.2, 0) is 9.53 Å². The van der Waals surface area contributed by atoms with Gasteiger partial charge in [-0.05, 0) is 41.8 Å². The average Bonchev–Trinajstić information content (AvgIpc) is 3.65. The van der Waals surface area contributed by atoms with Crippen LogP contribution >= 0.6 is 11.3 Å². The van der Waals surface area contributed by atoms with E-state index in [9.17, 15) is 9.59 Å². The number of rotatable bonds is 11. The van der Waals surface area contributed by atoms with Crippen LogP contribution in [0.25, 0.3) is 0 Å². The van der Waals surface area contributed by atoms with Crippen molar-refractivity contribution in [1.29, 1.82) is 0 Å². The lowest BCUT2D eigenvalue weighted by Gasteiger charge is -2.28. The monoisotopic (exact) mass is 552 g/mol. The number of hydrazone groups is 1. The summed E-state index contributed by atoms with van der Waals surface area (Å²) in [6.07, 6.45) is 0.487. The largest absolute Gasteiger partial charge is 0.497 e. The molecule has 1 unspecified atom stereocenters. The van der Waals surface area contributed by atoms with Crippen LogP contribution in [0.15, 0.2) is 65.1 Å². The van der Waals surface area contributed by atoms with E-state index in [1.54, 1.807) is 56.9 Å². The molecule has 0 fully saturated rings. The molecule has 4 rings (SSSR count). The molecule has 0 saturated carbocycles. The highest BCUT2D eigenvalue weighted by molar-refractivity contribution is 7.12. The fraction of sp³-hybridized carbons (Fsp3) is 0.321. The Balaban J connectivity index is 1.63. The van der Waals surface area contributed by atoms with E-state index in [0.29, 0.717) is 29.4 Å². The molecular weight excluding hydrogens is 520 g/mol. The van der Waals surface area contributed by atoms with E-state index in [4.69, 9.17) is 24.0 Å². The number of thiophene rings is 1. The number of nitrogens with zero attached hydrogens (tertiary/aromatic N) is 3. The molecular formula is C28H32N4O6S. The number of carbonyl (C=O) groups is 2. The van der Waals surface area contributed by atoms with Crippen molar-refractivity contribution >= 4 is 34.7 Å². The van der Waals surface area contributed by atoms with Gasteiger partial charge in [-0.25, -0.2) is 9.80 Å². The minimum absolute atomic E-state index is 0.200. The third kappa shape index (κ3) is 6.50. The zero-order chi connectivity index (χ0) is 27.8. The Kier molecular flexibility index (Phi) is 9.40. The molecule has 2 heterocycles. The van der Waals surface area contributed by atoms with Crippen molar-refractivity contribution in [2.24, 2.45) is 5.10 Å². The summed E-state index contributed by atoms with van der Waals surface area (Å²) < 4.78 is 21.6. The maximum Gasteiger partial charge on any atom is 0.322 e. The SMILES string of the molecule is COCCN(CC(=O)N1N=C(c2cccs2)CC1c1cc(OC)ccc1OC)C(=O)Nc1ccccc1OC. The molecule has 39 heavy (non-hydrogen) atoms. The van der Waals surface area contributed by atoms with Gasteiger partial charge in [0.25, 0.3) is 5.91 Å². The molecule has 0 aliphatic carbocycles. The summed E-state index contributed by atoms with van der Waals surface area (Å²) in [6, 6.07) is 15.6. The standard InChI is InChI=1S/C28H32N4O6S/c1-35-14-13-31(28(34)29-21-8-5-6-9-25(21)38-4)18-27(33)32-23(17-22(30-32)26-10-7-15-39-26)20-16-19(36-2)11-12-24(20)37-3/h5-12,15-16,23H,13-14,17-18H2,1-4H3,(H,29,34). The summed E-state index contributed by atoms with van der Waals surface area (Å²) in [5.74, 6) is 1.42. The number of nitrogens with one attached hydrogen (secondary N) is 1. The van der Waals surface area contributed by atoms with Gasteiger partial charge in [0.1, 0.15) is 23.8 Å². The van der Waals surface area contributed by atoms with Crippen LogP contribution in [0.1, 0.15) is 22.9 Å². The van der Waals surface area contributed by atoms with Gasteiger partial charge in [0, 0.05) is 25.6 Å². The van der Waals surface area contributed by atoms with Gasteiger partial charge in [-0.15, -0.1) is 11.3 Å². The van der Waals surface area contributed by atoms with E-state index in [-0.39, 0.29) is 25.6 Å². The highest BCUT2D eigenvalue weighted by Crippen LogP contribution is 2.40. The van der Waals surface area contributed by atoms with Crippen molar-refractivity contribution in [3.8, 4) is 17.2 Å². The first-order valence-corrected chi connectivity index (χ1v) is 13.2. The lowest BCUT2D eigenvalue weighted by atomic mass is 9.99. The Morgan fingerprint density at radius 1 is 1.03 bits per heavy atom. The smallest absolute Gasteiger partial charge is 0.322 e. The van der Waals surface area contributed by atoms with Crippen LogP contribution < -0.4 is 19.5 Å². The molecule has 1 aliphatic rings. The van der Waals surface area contributed by atoms with Crippen molar-refractivity contribution in [2.45, 2.75) is 12.5 Å². The van der Waals surface area contributed by atoms with Crippen LogP contribution in [0.2, 0.25) is 0 Å². The van der Waals surface area contributed by atoms with Crippen LogP contribution in [0, 0.1) is 0 Å². The first kappa shape index (κ1) is 27.9. The predicted octanol–water partition coefficient (Wildman–Crippen LogP) is 4.63.